The molecule has 0 aromatic carbocycles. The van der Waals surface area contributed by atoms with Gasteiger partial charge in [-0.2, -0.15) is 22.0 Å². The van der Waals surface area contributed by atoms with Crippen LogP contribution in [-0.2, 0) is 4.74 Å². The Bertz CT molecular complexity index is 1490. The first kappa shape index (κ1) is 37.1. The summed E-state index contributed by atoms with van der Waals surface area (Å²) in [6, 6.07) is -2.48. The number of hydrogen-bond acceptors (Lipinski definition) is 7. The molecule has 3 aromatic rings. The minimum atomic E-state index is -2.48. The van der Waals surface area contributed by atoms with Gasteiger partial charge in [0, 0.05) is 0 Å². The number of nitrogens with zero attached hydrogens (tertiary/aromatic N) is 3. The van der Waals surface area contributed by atoms with Crippen molar-refractivity contribution in [1.29, 1.82) is 0 Å². The van der Waals surface area contributed by atoms with Crippen molar-refractivity contribution in [2.75, 3.05) is 0 Å². The van der Waals surface area contributed by atoms with Crippen LogP contribution < -0.4 is 0 Å². The first-order chi connectivity index (χ1) is 19.2. The SMILES string of the molecule is CC(C)OC(=O)c1nc(F)c(F)c(F)c1F.O=C(Cl)c1nc(Cl)c(Cl)c(Cl)c1Cl.O=C(F)c1nc(F)c(F)c(F)c1F. The largest absolute Gasteiger partial charge is 0.458 e. The summed E-state index contributed by atoms with van der Waals surface area (Å²) in [5.41, 5.74) is -3.13. The van der Waals surface area contributed by atoms with Gasteiger partial charge >= 0.3 is 12.0 Å². The first-order valence-electron chi connectivity index (χ1n) is 9.94. The Morgan fingerprint density at radius 1 is 0.619 bits per heavy atom. The monoisotopic (exact) mass is 711 g/mol. The molecule has 0 fully saturated rings. The zero-order valence-corrected chi connectivity index (χ0v) is 23.6. The van der Waals surface area contributed by atoms with E-state index in [1.54, 1.807) is 0 Å². The van der Waals surface area contributed by atoms with Crippen LogP contribution >= 0.6 is 58.0 Å². The molecule has 7 nitrogen and oxygen atoms in total. The molecule has 0 saturated carbocycles. The van der Waals surface area contributed by atoms with Crippen molar-refractivity contribution >= 4 is 75.3 Å². The molecule has 0 unspecified atom stereocenters. The smallest absolute Gasteiger partial charge is 0.360 e. The van der Waals surface area contributed by atoms with Crippen LogP contribution in [0.25, 0.3) is 0 Å². The summed E-state index contributed by atoms with van der Waals surface area (Å²) in [5, 5.41) is -1.09. The molecule has 0 aliphatic heterocycles. The standard InChI is InChI=1S/C9H7F4NO2.C6Cl5NO.C6F5NO/c1-3(2)16-9(15)7-5(11)4(10)6(12)8(13)14-7;2*7-1-2(8)4(6(11)13)12-5(10)3(1)9/h3H,1-2H3;;. The molecule has 42 heavy (non-hydrogen) atoms. The van der Waals surface area contributed by atoms with E-state index in [4.69, 9.17) is 58.0 Å². The zero-order valence-electron chi connectivity index (χ0n) is 19.8. The number of esters is 1. The number of ether oxygens (including phenoxy) is 1. The third-order valence-corrected chi connectivity index (χ3v) is 5.72. The lowest BCUT2D eigenvalue weighted by Crippen LogP contribution is -2.17. The van der Waals surface area contributed by atoms with E-state index < -0.39 is 81.5 Å². The zero-order chi connectivity index (χ0) is 32.8. The average molecular weight is 714 g/mol. The molecule has 21 heteroatoms. The van der Waals surface area contributed by atoms with Crippen molar-refractivity contribution in [2.24, 2.45) is 0 Å². The predicted octanol–water partition coefficient (Wildman–Crippen LogP) is 8.03. The van der Waals surface area contributed by atoms with Gasteiger partial charge in [0.25, 0.3) is 17.1 Å². The fraction of sp³-hybridized carbons (Fsp3) is 0.143. The van der Waals surface area contributed by atoms with Gasteiger partial charge in [-0.05, 0) is 25.4 Å². The number of halogens is 14. The van der Waals surface area contributed by atoms with E-state index in [1.165, 1.54) is 13.8 Å². The molecule has 0 saturated heterocycles. The second-order valence-electron chi connectivity index (χ2n) is 7.08. The quantitative estimate of drug-likeness (QED) is 0.117. The number of carbonyl (C=O) groups is 3. The fourth-order valence-corrected chi connectivity index (χ4v) is 3.13. The second-order valence-corrected chi connectivity index (χ2v) is 8.92. The van der Waals surface area contributed by atoms with Gasteiger partial charge in [-0.3, -0.25) is 9.59 Å². The normalized spacial score (nSPS) is 10.4. The highest BCUT2D eigenvalue weighted by Crippen LogP contribution is 2.36. The number of pyridine rings is 3. The molecular formula is C21H7Cl5F9N3O4. The molecule has 0 radical (unpaired) electrons. The lowest BCUT2D eigenvalue weighted by Gasteiger charge is -2.08. The summed E-state index contributed by atoms with van der Waals surface area (Å²) in [6.07, 6.45) is -0.620. The van der Waals surface area contributed by atoms with Crippen molar-refractivity contribution in [3.05, 3.63) is 84.1 Å². The highest BCUT2D eigenvalue weighted by atomic mass is 35.5. The molecule has 0 aliphatic carbocycles. The molecule has 0 amide bonds. The molecule has 0 bridgehead atoms. The topological polar surface area (TPSA) is 99.1 Å². The molecule has 0 atom stereocenters. The van der Waals surface area contributed by atoms with E-state index in [2.05, 4.69) is 19.7 Å². The van der Waals surface area contributed by atoms with Crippen molar-refractivity contribution in [2.45, 2.75) is 20.0 Å². The fourth-order valence-electron chi connectivity index (χ4n) is 2.13. The van der Waals surface area contributed by atoms with Crippen LogP contribution in [0.1, 0.15) is 45.3 Å². The van der Waals surface area contributed by atoms with Gasteiger partial charge in [0.1, 0.15) is 10.8 Å². The molecule has 228 valence electrons. The highest BCUT2D eigenvalue weighted by molar-refractivity contribution is 6.69. The van der Waals surface area contributed by atoms with Crippen molar-refractivity contribution in [1.82, 2.24) is 15.0 Å². The van der Waals surface area contributed by atoms with Crippen LogP contribution in [0, 0.1) is 46.8 Å². The summed E-state index contributed by atoms with van der Waals surface area (Å²) >= 11 is 27.5. The molecule has 3 aromatic heterocycles. The molecule has 3 rings (SSSR count). The third-order valence-electron chi connectivity index (χ3n) is 3.86. The van der Waals surface area contributed by atoms with E-state index in [1.807, 2.05) is 0 Å². The summed E-state index contributed by atoms with van der Waals surface area (Å²) in [5.74, 6) is -18.0. The average Bonchev–Trinajstić information content (AvgIpc) is 2.91. The van der Waals surface area contributed by atoms with Crippen molar-refractivity contribution in [3.8, 4) is 0 Å². The van der Waals surface area contributed by atoms with Gasteiger partial charge in [-0.25, -0.2) is 37.3 Å². The Morgan fingerprint density at radius 3 is 1.45 bits per heavy atom. The molecular weight excluding hydrogens is 706 g/mol. The third kappa shape index (κ3) is 9.04. The Balaban J connectivity index is 0.000000318. The van der Waals surface area contributed by atoms with E-state index in [0.717, 1.165) is 0 Å². The molecule has 0 spiro atoms. The van der Waals surface area contributed by atoms with Crippen LogP contribution in [0.4, 0.5) is 39.5 Å². The minimum absolute atomic E-state index is 0.00463. The van der Waals surface area contributed by atoms with E-state index in [0.29, 0.717) is 0 Å². The molecule has 3 heterocycles. The number of rotatable bonds is 4. The van der Waals surface area contributed by atoms with Crippen LogP contribution in [0.5, 0.6) is 0 Å². The van der Waals surface area contributed by atoms with Gasteiger partial charge in [0.15, 0.2) is 23.0 Å². The Kier molecular flexibility index (Phi) is 13.7. The van der Waals surface area contributed by atoms with Crippen LogP contribution in [-0.4, -0.2) is 38.3 Å². The van der Waals surface area contributed by atoms with E-state index in [9.17, 15) is 53.9 Å². The number of aromatic nitrogens is 3. The van der Waals surface area contributed by atoms with Gasteiger partial charge in [-0.1, -0.05) is 46.4 Å². The van der Waals surface area contributed by atoms with Crippen LogP contribution in [0.2, 0.25) is 20.2 Å². The lowest BCUT2D eigenvalue weighted by molar-refractivity contribution is 0.0360. The maximum Gasteiger partial charge on any atom is 0.360 e. The Morgan fingerprint density at radius 2 is 1.05 bits per heavy atom. The van der Waals surface area contributed by atoms with Crippen LogP contribution in [0.15, 0.2) is 0 Å². The summed E-state index contributed by atoms with van der Waals surface area (Å²) in [7, 11) is 0. The maximum atomic E-state index is 13.0. The van der Waals surface area contributed by atoms with Crippen LogP contribution in [0.3, 0.4) is 0 Å². The Labute approximate surface area is 252 Å². The van der Waals surface area contributed by atoms with Crippen molar-refractivity contribution in [3.63, 3.8) is 0 Å². The van der Waals surface area contributed by atoms with Gasteiger partial charge in [0.2, 0.25) is 23.3 Å². The minimum Gasteiger partial charge on any atom is -0.458 e. The second kappa shape index (κ2) is 15.5. The van der Waals surface area contributed by atoms with E-state index in [-0.39, 0.29) is 25.9 Å². The molecule has 0 N–H and O–H groups in total. The Hall–Kier alpha value is -2.92. The summed E-state index contributed by atoms with van der Waals surface area (Å²) in [4.78, 5) is 40.2. The maximum absolute atomic E-state index is 13.0. The summed E-state index contributed by atoms with van der Waals surface area (Å²) < 4.78 is 116. The van der Waals surface area contributed by atoms with Gasteiger partial charge < -0.3 is 4.74 Å². The predicted molar refractivity (Wildman–Crippen MR) is 129 cm³/mol. The highest BCUT2D eigenvalue weighted by Gasteiger charge is 2.27. The number of carbonyl (C=O) groups excluding carboxylic acids is 3. The van der Waals surface area contributed by atoms with Gasteiger partial charge in [-0.15, -0.1) is 0 Å². The first-order valence-corrected chi connectivity index (χ1v) is 11.8. The lowest BCUT2D eigenvalue weighted by atomic mass is 10.3. The summed E-state index contributed by atoms with van der Waals surface area (Å²) in [6.45, 7) is 2.90. The van der Waals surface area contributed by atoms with Gasteiger partial charge in [0.05, 0.1) is 21.2 Å². The van der Waals surface area contributed by atoms with E-state index >= 15 is 0 Å². The number of hydrogen-bond donors (Lipinski definition) is 0. The molecule has 0 aliphatic rings. The van der Waals surface area contributed by atoms with Crippen molar-refractivity contribution < 1.29 is 58.6 Å².